The molecule has 0 bridgehead atoms. The van der Waals surface area contributed by atoms with Gasteiger partial charge in [0.25, 0.3) is 0 Å². The van der Waals surface area contributed by atoms with Crippen molar-refractivity contribution in [2.24, 2.45) is 5.92 Å². The van der Waals surface area contributed by atoms with Crippen LogP contribution in [0.2, 0.25) is 0 Å². The second-order valence-corrected chi connectivity index (χ2v) is 5.87. The molecule has 3 atom stereocenters. The summed E-state index contributed by atoms with van der Waals surface area (Å²) in [5, 5.41) is 5.59. The largest absolute Gasteiger partial charge is 0.317 e. The molecule has 1 aliphatic rings. The number of rotatable bonds is 2. The summed E-state index contributed by atoms with van der Waals surface area (Å²) in [4.78, 5) is 1.54. The van der Waals surface area contributed by atoms with E-state index in [2.05, 4.69) is 46.7 Å². The molecule has 3 heteroatoms. The summed E-state index contributed by atoms with van der Waals surface area (Å²) < 4.78 is 1.30. The molecule has 1 aliphatic carbocycles. The maximum Gasteiger partial charge on any atom is 0.0317 e. The Morgan fingerprint density at radius 1 is 1.50 bits per heavy atom. The molecule has 78 valence electrons. The number of halogens is 1. The highest BCUT2D eigenvalue weighted by atomic mass is 79.9. The van der Waals surface area contributed by atoms with Crippen LogP contribution in [0.25, 0.3) is 0 Å². The van der Waals surface area contributed by atoms with Gasteiger partial charge in [-0.3, -0.25) is 0 Å². The van der Waals surface area contributed by atoms with Gasteiger partial charge in [-0.25, -0.2) is 0 Å². The van der Waals surface area contributed by atoms with Gasteiger partial charge in [-0.15, -0.1) is 11.3 Å². The van der Waals surface area contributed by atoms with E-state index in [1.165, 1.54) is 22.2 Å². The van der Waals surface area contributed by atoms with E-state index >= 15 is 0 Å². The Kier molecular flexibility index (Phi) is 3.30. The van der Waals surface area contributed by atoms with Gasteiger partial charge in [-0.1, -0.05) is 6.92 Å². The molecule has 14 heavy (non-hydrogen) atoms. The van der Waals surface area contributed by atoms with Crippen LogP contribution in [-0.4, -0.2) is 13.1 Å². The van der Waals surface area contributed by atoms with Crippen LogP contribution < -0.4 is 5.32 Å². The molecule has 0 saturated heterocycles. The second-order valence-electron chi connectivity index (χ2n) is 4.07. The lowest BCUT2D eigenvalue weighted by atomic mass is 9.94. The van der Waals surface area contributed by atoms with Gasteiger partial charge in [-0.05, 0) is 59.1 Å². The van der Waals surface area contributed by atoms with Crippen LogP contribution >= 0.6 is 27.3 Å². The van der Waals surface area contributed by atoms with Crippen LogP contribution in [0, 0.1) is 5.92 Å². The third-order valence-corrected chi connectivity index (χ3v) is 5.41. The van der Waals surface area contributed by atoms with Gasteiger partial charge in [0.1, 0.15) is 0 Å². The molecule has 2 rings (SSSR count). The Labute approximate surface area is 98.0 Å². The Balaban J connectivity index is 2.18. The van der Waals surface area contributed by atoms with Crippen molar-refractivity contribution in [3.8, 4) is 0 Å². The molecule has 1 saturated carbocycles. The standard InChI is InChI=1S/C11H16BrNS/c1-7-8(3-4-10(7)13-2)11-9(12)5-6-14-11/h5-8,10,13H,3-4H2,1-2H3. The van der Waals surface area contributed by atoms with E-state index < -0.39 is 0 Å². The summed E-state index contributed by atoms with van der Waals surface area (Å²) in [6, 6.07) is 2.87. The Morgan fingerprint density at radius 2 is 2.29 bits per heavy atom. The zero-order valence-corrected chi connectivity index (χ0v) is 11.0. The Bertz CT molecular complexity index is 310. The fourth-order valence-electron chi connectivity index (χ4n) is 2.51. The fraction of sp³-hybridized carbons (Fsp3) is 0.636. The van der Waals surface area contributed by atoms with Gasteiger partial charge in [0, 0.05) is 15.4 Å². The highest BCUT2D eigenvalue weighted by Crippen LogP contribution is 2.44. The molecule has 0 spiro atoms. The number of thiophene rings is 1. The van der Waals surface area contributed by atoms with Crippen molar-refractivity contribution in [1.82, 2.24) is 5.32 Å². The van der Waals surface area contributed by atoms with Gasteiger partial charge in [0.05, 0.1) is 0 Å². The first kappa shape index (κ1) is 10.7. The first-order valence-electron chi connectivity index (χ1n) is 5.14. The van der Waals surface area contributed by atoms with Crippen LogP contribution in [-0.2, 0) is 0 Å². The molecule has 0 amide bonds. The molecule has 0 radical (unpaired) electrons. The van der Waals surface area contributed by atoms with Crippen molar-refractivity contribution in [2.45, 2.75) is 31.7 Å². The van der Waals surface area contributed by atoms with E-state index in [4.69, 9.17) is 0 Å². The summed E-state index contributed by atoms with van der Waals surface area (Å²) in [7, 11) is 2.08. The van der Waals surface area contributed by atoms with Gasteiger partial charge in [-0.2, -0.15) is 0 Å². The summed E-state index contributed by atoms with van der Waals surface area (Å²) in [5.41, 5.74) is 0. The van der Waals surface area contributed by atoms with Crippen molar-refractivity contribution < 1.29 is 0 Å². The topological polar surface area (TPSA) is 12.0 Å². The lowest BCUT2D eigenvalue weighted by molar-refractivity contribution is 0.431. The predicted molar refractivity (Wildman–Crippen MR) is 66.0 cm³/mol. The van der Waals surface area contributed by atoms with Crippen molar-refractivity contribution >= 4 is 27.3 Å². The third kappa shape index (κ3) is 1.77. The zero-order valence-electron chi connectivity index (χ0n) is 8.59. The number of hydrogen-bond donors (Lipinski definition) is 1. The Morgan fingerprint density at radius 3 is 2.79 bits per heavy atom. The van der Waals surface area contributed by atoms with E-state index in [0.29, 0.717) is 6.04 Å². The molecular weight excluding hydrogens is 258 g/mol. The van der Waals surface area contributed by atoms with E-state index in [1.807, 2.05) is 11.3 Å². The molecule has 1 fully saturated rings. The molecule has 1 N–H and O–H groups in total. The van der Waals surface area contributed by atoms with Crippen molar-refractivity contribution in [3.05, 3.63) is 20.8 Å². The molecule has 1 heterocycles. The first-order chi connectivity index (χ1) is 6.74. The molecule has 3 unspecified atom stereocenters. The maximum absolute atomic E-state index is 3.64. The zero-order chi connectivity index (χ0) is 10.1. The SMILES string of the molecule is CNC1CCC(c2sccc2Br)C1C. The highest BCUT2D eigenvalue weighted by molar-refractivity contribution is 9.10. The molecule has 1 nitrogen and oxygen atoms in total. The van der Waals surface area contributed by atoms with Crippen LogP contribution in [0.15, 0.2) is 15.9 Å². The monoisotopic (exact) mass is 273 g/mol. The minimum absolute atomic E-state index is 0.703. The van der Waals surface area contributed by atoms with Gasteiger partial charge in [0.2, 0.25) is 0 Å². The van der Waals surface area contributed by atoms with Gasteiger partial charge in [0.15, 0.2) is 0 Å². The minimum atomic E-state index is 0.703. The highest BCUT2D eigenvalue weighted by Gasteiger charge is 2.34. The average Bonchev–Trinajstić information content (AvgIpc) is 2.72. The second kappa shape index (κ2) is 4.33. The smallest absolute Gasteiger partial charge is 0.0317 e. The first-order valence-corrected chi connectivity index (χ1v) is 6.81. The fourth-order valence-corrected chi connectivity index (χ4v) is 4.43. The summed E-state index contributed by atoms with van der Waals surface area (Å²) in [6.45, 7) is 2.37. The quantitative estimate of drug-likeness (QED) is 0.868. The van der Waals surface area contributed by atoms with Crippen molar-refractivity contribution in [1.29, 1.82) is 0 Å². The van der Waals surface area contributed by atoms with Crippen LogP contribution in [0.4, 0.5) is 0 Å². The predicted octanol–water partition coefficient (Wildman–Crippen LogP) is 3.61. The summed E-state index contributed by atoms with van der Waals surface area (Å²) in [6.07, 6.45) is 2.64. The molecule has 1 aromatic rings. The average molecular weight is 274 g/mol. The third-order valence-electron chi connectivity index (χ3n) is 3.41. The van der Waals surface area contributed by atoms with E-state index in [-0.39, 0.29) is 0 Å². The van der Waals surface area contributed by atoms with Crippen LogP contribution in [0.5, 0.6) is 0 Å². The van der Waals surface area contributed by atoms with Crippen molar-refractivity contribution in [2.75, 3.05) is 7.05 Å². The Hall–Kier alpha value is 0.140. The summed E-state index contributed by atoms with van der Waals surface area (Å²) >= 11 is 5.52. The normalized spacial score (nSPS) is 32.4. The van der Waals surface area contributed by atoms with Crippen LogP contribution in [0.1, 0.15) is 30.6 Å². The van der Waals surface area contributed by atoms with Gasteiger partial charge >= 0.3 is 0 Å². The number of hydrogen-bond acceptors (Lipinski definition) is 2. The molecule has 0 aliphatic heterocycles. The molecule has 0 aromatic carbocycles. The minimum Gasteiger partial charge on any atom is -0.317 e. The van der Waals surface area contributed by atoms with Crippen molar-refractivity contribution in [3.63, 3.8) is 0 Å². The molecule has 1 aromatic heterocycles. The van der Waals surface area contributed by atoms with E-state index in [0.717, 1.165) is 11.8 Å². The molecular formula is C11H16BrNS. The summed E-state index contributed by atoms with van der Waals surface area (Å²) in [5.74, 6) is 1.51. The van der Waals surface area contributed by atoms with Gasteiger partial charge < -0.3 is 5.32 Å². The van der Waals surface area contributed by atoms with E-state index in [1.54, 1.807) is 0 Å². The number of nitrogens with one attached hydrogen (secondary N) is 1. The van der Waals surface area contributed by atoms with Crippen LogP contribution in [0.3, 0.4) is 0 Å². The lowest BCUT2D eigenvalue weighted by Crippen LogP contribution is -2.28. The lowest BCUT2D eigenvalue weighted by Gasteiger charge is -2.19. The maximum atomic E-state index is 3.64. The van der Waals surface area contributed by atoms with E-state index in [9.17, 15) is 0 Å².